The number of rotatable bonds is 8. The highest BCUT2D eigenvalue weighted by Crippen LogP contribution is 2.55. The quantitative estimate of drug-likeness (QED) is 0.0893. The second kappa shape index (κ2) is 35.9. The zero-order chi connectivity index (χ0) is 100. The highest BCUT2D eigenvalue weighted by atomic mass is 16.6. The molecule has 2 saturated carbocycles. The summed E-state index contributed by atoms with van der Waals surface area (Å²) in [7, 11) is 0. The van der Waals surface area contributed by atoms with Crippen LogP contribution in [-0.2, 0) is 144 Å². The summed E-state index contributed by atoms with van der Waals surface area (Å²) < 4.78 is 62.6. The molecule has 0 N–H and O–H groups in total. The van der Waals surface area contributed by atoms with Crippen LogP contribution in [0.5, 0.6) is 0 Å². The van der Waals surface area contributed by atoms with Gasteiger partial charge >= 0.3 is 166 Å². The molecule has 44 heteroatoms. The van der Waals surface area contributed by atoms with E-state index in [1.165, 1.54) is 72.8 Å². The average molecular weight is 1920 g/mol. The van der Waals surface area contributed by atoms with Gasteiger partial charge in [0.05, 0.1) is 165 Å². The molecule has 0 amide bonds. The molecule has 7 aromatic carbocycles. The Morgan fingerprint density at radius 2 is 0.571 bits per heavy atom. The zero-order valence-corrected chi connectivity index (χ0v) is 71.5. The van der Waals surface area contributed by atoms with E-state index in [0.29, 0.717) is 6.42 Å². The fraction of sp³-hybridized carbons (Fsp3) is 0.250. The molecular formula is C96H58O44. The topological polar surface area (TPSA) is 649 Å². The molecule has 706 valence electrons. The molecule has 2 bridgehead atoms. The Morgan fingerprint density at radius 3 is 0.943 bits per heavy atom. The lowest BCUT2D eigenvalue weighted by atomic mass is 9.59. The molecule has 2 aromatic heterocycles. The van der Waals surface area contributed by atoms with Crippen molar-refractivity contribution in [2.45, 2.75) is 101 Å². The summed E-state index contributed by atoms with van der Waals surface area (Å²) >= 11 is 0. The Bertz CT molecular complexity index is 7040. The average Bonchev–Trinajstić information content (AvgIpc) is 1.54. The van der Waals surface area contributed by atoms with E-state index in [2.05, 4.69) is 65.7 Å². The molecule has 12 aliphatic heterocycles. The van der Waals surface area contributed by atoms with Crippen LogP contribution in [0.15, 0.2) is 161 Å². The summed E-state index contributed by atoms with van der Waals surface area (Å²) in [6.07, 6.45) is 1.59. The molecule has 4 atom stereocenters. The number of carbonyl (C=O) groups excluding carboxylic acids is 26. The van der Waals surface area contributed by atoms with Gasteiger partial charge in [-0.3, -0.25) is 86.3 Å². The van der Waals surface area contributed by atoms with E-state index in [9.17, 15) is 144 Å². The Hall–Kier alpha value is -18.2. The third-order valence-corrected chi connectivity index (χ3v) is 25.6. The summed E-state index contributed by atoms with van der Waals surface area (Å²) in [5.41, 5.74) is -0.489. The number of ether oxygens (including phenoxy) is 12. The van der Waals surface area contributed by atoms with Crippen molar-refractivity contribution >= 4 is 176 Å². The maximum Gasteiger partial charge on any atom is 0.347 e. The lowest BCUT2D eigenvalue weighted by molar-refractivity contribution is -0.174. The van der Waals surface area contributed by atoms with Gasteiger partial charge in [-0.25, -0.2) is 57.5 Å². The second-order valence-corrected chi connectivity index (χ2v) is 34.3. The molecule has 14 aliphatic rings. The molecule has 0 spiro atoms. The smallest absolute Gasteiger partial charge is 0.347 e. The predicted octanol–water partition coefficient (Wildman–Crippen LogP) is 4.13. The molecule has 0 radical (unpaired) electrons. The number of carbonyl (C=O) groups is 26. The fourth-order valence-electron chi connectivity index (χ4n) is 18.7. The lowest BCUT2D eigenvalue weighted by Gasteiger charge is -2.34. The summed E-state index contributed by atoms with van der Waals surface area (Å²) in [5, 5.41) is -0.0726. The van der Waals surface area contributed by atoms with E-state index in [1.807, 2.05) is 62.4 Å². The van der Waals surface area contributed by atoms with E-state index in [4.69, 9.17) is 0 Å². The van der Waals surface area contributed by atoms with Crippen molar-refractivity contribution in [3.63, 3.8) is 0 Å². The summed E-state index contributed by atoms with van der Waals surface area (Å²) in [6, 6.07) is 33.1. The van der Waals surface area contributed by atoms with Crippen LogP contribution in [-0.4, -0.2) is 155 Å². The number of hydrogen-bond acceptors (Lipinski definition) is 44. The Kier molecular flexibility index (Phi) is 24.0. The summed E-state index contributed by atoms with van der Waals surface area (Å²) in [4.78, 5) is 344. The Labute approximate surface area is 775 Å². The third kappa shape index (κ3) is 17.5. The van der Waals surface area contributed by atoms with Crippen LogP contribution in [0.25, 0.3) is 21.5 Å². The molecule has 23 rings (SSSR count). The maximum atomic E-state index is 12.7. The van der Waals surface area contributed by atoms with Gasteiger partial charge in [-0.1, -0.05) is 92.7 Å². The first kappa shape index (κ1) is 93.6. The van der Waals surface area contributed by atoms with E-state index in [0.717, 1.165) is 34.4 Å². The van der Waals surface area contributed by atoms with Gasteiger partial charge in [0.1, 0.15) is 0 Å². The Balaban J connectivity index is 0.000000114. The van der Waals surface area contributed by atoms with Crippen LogP contribution in [0.4, 0.5) is 0 Å². The van der Waals surface area contributed by atoms with Crippen molar-refractivity contribution in [3.05, 3.63) is 264 Å². The standard InChI is InChI=1S/C18H18O6.2C17H6O7.C16H14O6.C10H8O6.C10H2O6.C8H4O6/c1-17(7-13(19)23-14(20)8-17)11-3-5-12(6-4-11)18(2)9-15(21)24-16(22)10-18;18-13(7-1-3-9-11(5-7)16(21)23-14(9)19)8-2-4-10-12(6-8)17(22)24-15(10)20;18-13(7-4-5-8-11(6-7)16(21)23-14(8)19)9-2-1-3-10-12(9)17(22)24-15(10)20;17-13-5-11(6-14(18)21-13)9-1-2-10(4-3-9)12-7-15(19)22-16(20)8-12;11-6-2-3-4-1-5(7(3)10(14)15-6)9(13)16-8(4)12;11-7-3-1-4-6(10(14)16-8(4)12)2-5(3)9(13)15-7;9-5-1-2(6(10)13-5)4-3(1)7(11)14-8(4)12/h3-6H,7-10H2,1-2H3;2*1-6H;1-4,11-12H,5-8H2;3-5,7H,1-2H2;1-2H;1-4H. The molecule has 140 heavy (non-hydrogen) atoms. The van der Waals surface area contributed by atoms with Crippen molar-refractivity contribution < 1.29 is 190 Å². The van der Waals surface area contributed by atoms with Crippen LogP contribution in [0.2, 0.25) is 0 Å². The normalized spacial score (nSPS) is 22.8. The van der Waals surface area contributed by atoms with Gasteiger partial charge in [0.2, 0.25) is 0 Å². The van der Waals surface area contributed by atoms with E-state index < -0.39 is 236 Å². The van der Waals surface area contributed by atoms with Crippen molar-refractivity contribution in [1.82, 2.24) is 0 Å². The van der Waals surface area contributed by atoms with E-state index >= 15 is 0 Å². The molecule has 2 aliphatic carbocycles. The van der Waals surface area contributed by atoms with Gasteiger partial charge < -0.3 is 65.7 Å². The van der Waals surface area contributed by atoms with Crippen molar-refractivity contribution in [3.8, 4) is 0 Å². The van der Waals surface area contributed by atoms with Crippen LogP contribution in [0.1, 0.15) is 227 Å². The van der Waals surface area contributed by atoms with Crippen molar-refractivity contribution in [2.75, 3.05) is 0 Å². The van der Waals surface area contributed by atoms with Gasteiger partial charge in [-0.2, -0.15) is 0 Å². The first-order chi connectivity index (χ1) is 66.4. The van der Waals surface area contributed by atoms with Crippen molar-refractivity contribution in [2.24, 2.45) is 47.3 Å². The molecule has 14 heterocycles. The maximum absolute atomic E-state index is 12.7. The van der Waals surface area contributed by atoms with Crippen LogP contribution in [0, 0.1) is 47.3 Å². The summed E-state index contributed by atoms with van der Waals surface area (Å²) in [6.45, 7) is 3.70. The van der Waals surface area contributed by atoms with Gasteiger partial charge in [0, 0.05) is 44.9 Å². The first-order valence-electron chi connectivity index (χ1n) is 42.0. The second-order valence-electron chi connectivity index (χ2n) is 34.3. The van der Waals surface area contributed by atoms with E-state index in [-0.39, 0.29) is 158 Å². The number of cyclic esters (lactones) is 24. The SMILES string of the molecule is CC1(c2ccc(C3(C)CC(=O)OC(=O)C3)cc2)CC(=O)OC(=O)C1.O=C(c1ccc2c(c1)C(=O)OC2=O)c1ccc2c(c1)C(=O)OC2=O.O=C1CC(c2ccc(C3CC(=O)OC(=O)C3)cc2)CC(=O)O1.O=C1CC2C3CC(C(=O)OC3=O)C2C(=O)O1.O=C1OC(=O)C2C1C1C(=O)OC(=O)C21.O=C1OC(=O)c2cc(C(=O)c3cccc4c3C(=O)OC4=O)ccc21.O=c1oc(=O)c2cc3c(=O)oc(=O)c3cc12. The zero-order valence-electron chi connectivity index (χ0n) is 71.5. The van der Waals surface area contributed by atoms with E-state index in [1.54, 1.807) is 0 Å². The van der Waals surface area contributed by atoms with Crippen LogP contribution in [0.3, 0.4) is 0 Å². The van der Waals surface area contributed by atoms with Gasteiger partial charge in [-0.05, 0) is 89.2 Å². The molecule has 4 unspecified atom stereocenters. The number of esters is 24. The minimum Gasteiger partial charge on any atom is -0.393 e. The largest absolute Gasteiger partial charge is 0.393 e. The third-order valence-electron chi connectivity index (χ3n) is 25.6. The number of fused-ring (bicyclic) bond motifs is 15. The molecule has 10 fully saturated rings. The van der Waals surface area contributed by atoms with Crippen LogP contribution >= 0.6 is 0 Å². The number of benzene rings is 7. The van der Waals surface area contributed by atoms with Gasteiger partial charge in [0.15, 0.2) is 11.6 Å². The highest BCUT2D eigenvalue weighted by Gasteiger charge is 2.73. The monoisotopic (exact) mass is 1910 g/mol. The number of furan rings is 2. The Morgan fingerprint density at radius 1 is 0.264 bits per heavy atom. The highest BCUT2D eigenvalue weighted by molar-refractivity contribution is 6.24. The molecule has 8 saturated heterocycles. The summed E-state index contributed by atoms with van der Waals surface area (Å²) in [5.74, 6) is -22.8. The minimum absolute atomic E-state index is 0.0130. The number of ketones is 2. The number of hydrogen-bond donors (Lipinski definition) is 0. The first-order valence-corrected chi connectivity index (χ1v) is 42.0. The molecular weight excluding hydrogens is 1860 g/mol. The predicted molar refractivity (Wildman–Crippen MR) is 441 cm³/mol. The fourth-order valence-corrected chi connectivity index (χ4v) is 18.7. The molecule has 9 aromatic rings. The van der Waals surface area contributed by atoms with Gasteiger partial charge in [0.25, 0.3) is 0 Å². The van der Waals surface area contributed by atoms with Gasteiger partial charge in [-0.15, -0.1) is 0 Å². The van der Waals surface area contributed by atoms with Crippen molar-refractivity contribution in [1.29, 1.82) is 0 Å². The van der Waals surface area contributed by atoms with Crippen LogP contribution < -0.4 is 22.5 Å². The minimum atomic E-state index is -0.894. The lowest BCUT2D eigenvalue weighted by Crippen LogP contribution is -2.50. The molecule has 44 nitrogen and oxygen atoms in total.